The first-order valence-corrected chi connectivity index (χ1v) is 5.57. The fourth-order valence-electron chi connectivity index (χ4n) is 1.30. The van der Waals surface area contributed by atoms with Crippen LogP contribution >= 0.6 is 11.3 Å². The lowest BCUT2D eigenvalue weighted by Crippen LogP contribution is -1.93. The quantitative estimate of drug-likeness (QED) is 0.795. The van der Waals surface area contributed by atoms with Crippen LogP contribution in [0.25, 0.3) is 5.57 Å². The Hall–Kier alpha value is -1.76. The fourth-order valence-corrected chi connectivity index (χ4v) is 1.98. The minimum atomic E-state index is -2.75. The molecule has 0 atom stereocenters. The third-order valence-electron chi connectivity index (χ3n) is 2.16. The van der Waals surface area contributed by atoms with Gasteiger partial charge in [-0.3, -0.25) is 0 Å². The molecule has 0 radical (unpaired) electrons. The molecule has 0 spiro atoms. The van der Waals surface area contributed by atoms with Crippen LogP contribution in [0.4, 0.5) is 17.6 Å². The molecule has 1 aromatic carbocycles. The molecule has 0 fully saturated rings. The van der Waals surface area contributed by atoms with E-state index in [1.807, 2.05) is 0 Å². The average Bonchev–Trinajstić information content (AvgIpc) is 2.81. The van der Waals surface area contributed by atoms with Crippen LogP contribution < -0.4 is 0 Å². The summed E-state index contributed by atoms with van der Waals surface area (Å²) >= 11 is 0.598. The van der Waals surface area contributed by atoms with Gasteiger partial charge in [-0.1, -0.05) is 30.0 Å². The molecule has 94 valence electrons. The zero-order chi connectivity index (χ0) is 13.3. The summed E-state index contributed by atoms with van der Waals surface area (Å²) in [6.45, 7) is 3.53. The predicted octanol–water partition coefficient (Wildman–Crippen LogP) is 3.82. The lowest BCUT2D eigenvalue weighted by molar-refractivity contribution is 0.150. The van der Waals surface area contributed by atoms with Gasteiger partial charge in [0, 0.05) is 11.1 Å². The summed E-state index contributed by atoms with van der Waals surface area (Å²) in [6, 6.07) is 3.55. The summed E-state index contributed by atoms with van der Waals surface area (Å²) in [5.74, 6) is -2.12. The van der Waals surface area contributed by atoms with E-state index < -0.39 is 23.1 Å². The maximum atomic E-state index is 13.5. The van der Waals surface area contributed by atoms with Crippen LogP contribution in [0.5, 0.6) is 0 Å². The maximum absolute atomic E-state index is 13.5. The Bertz CT molecular complexity index is 594. The summed E-state index contributed by atoms with van der Waals surface area (Å²) in [5.41, 5.74) is -0.0941. The molecule has 0 saturated heterocycles. The van der Waals surface area contributed by atoms with Crippen molar-refractivity contribution >= 4 is 16.9 Å². The van der Waals surface area contributed by atoms with E-state index in [0.717, 1.165) is 6.07 Å². The first-order chi connectivity index (χ1) is 8.50. The maximum Gasteiger partial charge on any atom is 0.291 e. The van der Waals surface area contributed by atoms with Crippen LogP contribution in [-0.2, 0) is 0 Å². The summed E-state index contributed by atoms with van der Waals surface area (Å²) < 4.78 is 51.2. The third kappa shape index (κ3) is 2.26. The molecule has 0 aliphatic rings. The zero-order valence-electron chi connectivity index (χ0n) is 8.83. The van der Waals surface area contributed by atoms with E-state index in [0.29, 0.717) is 11.3 Å². The van der Waals surface area contributed by atoms with Gasteiger partial charge in [0.05, 0.1) is 0 Å². The molecule has 0 aliphatic heterocycles. The number of halogens is 4. The second-order valence-corrected chi connectivity index (χ2v) is 4.34. The highest BCUT2D eigenvalue weighted by atomic mass is 32.1. The van der Waals surface area contributed by atoms with E-state index in [4.69, 9.17) is 0 Å². The molecule has 18 heavy (non-hydrogen) atoms. The second-order valence-electron chi connectivity index (χ2n) is 3.33. The Morgan fingerprint density at radius 2 is 1.94 bits per heavy atom. The van der Waals surface area contributed by atoms with Crippen LogP contribution in [0.3, 0.4) is 0 Å². The first-order valence-electron chi connectivity index (χ1n) is 4.76. The summed E-state index contributed by atoms with van der Waals surface area (Å²) in [4.78, 5) is 0. The molecule has 0 N–H and O–H groups in total. The van der Waals surface area contributed by atoms with Gasteiger partial charge < -0.3 is 0 Å². The Morgan fingerprint density at radius 1 is 1.22 bits per heavy atom. The van der Waals surface area contributed by atoms with E-state index in [1.54, 1.807) is 0 Å². The third-order valence-corrected chi connectivity index (χ3v) is 3.15. The monoisotopic (exact) mass is 274 g/mol. The molecule has 2 nitrogen and oxygen atoms in total. The normalized spacial score (nSPS) is 10.9. The molecule has 2 aromatic rings. The van der Waals surface area contributed by atoms with Gasteiger partial charge in [0.2, 0.25) is 0 Å². The summed E-state index contributed by atoms with van der Waals surface area (Å²) in [6.07, 6.45) is -2.75. The minimum Gasteiger partial charge on any atom is -0.204 e. The smallest absolute Gasteiger partial charge is 0.204 e. The highest BCUT2D eigenvalue weighted by molar-refractivity contribution is 7.12. The fraction of sp³-hybridized carbons (Fsp3) is 0.0909. The van der Waals surface area contributed by atoms with Crippen molar-refractivity contribution in [2.24, 2.45) is 0 Å². The Morgan fingerprint density at radius 3 is 2.56 bits per heavy atom. The summed E-state index contributed by atoms with van der Waals surface area (Å²) in [5, 5.41) is 6.29. The molecular weight excluding hydrogens is 268 g/mol. The number of hydrogen-bond acceptors (Lipinski definition) is 3. The van der Waals surface area contributed by atoms with E-state index in [2.05, 4.69) is 16.8 Å². The lowest BCUT2D eigenvalue weighted by Gasteiger charge is -2.03. The van der Waals surface area contributed by atoms with Crippen molar-refractivity contribution in [2.75, 3.05) is 0 Å². The molecule has 2 rings (SSSR count). The van der Waals surface area contributed by atoms with Crippen molar-refractivity contribution in [3.8, 4) is 0 Å². The van der Waals surface area contributed by atoms with Gasteiger partial charge >= 0.3 is 0 Å². The van der Waals surface area contributed by atoms with Crippen LogP contribution in [0, 0.1) is 11.6 Å². The van der Waals surface area contributed by atoms with Gasteiger partial charge in [0.25, 0.3) is 6.43 Å². The number of nitrogens with zero attached hydrogens (tertiary/aromatic N) is 2. The van der Waals surface area contributed by atoms with Gasteiger partial charge in [-0.25, -0.2) is 17.6 Å². The standard InChI is InChI=1S/C11H6F4N2S/c1-5(6-3-2-4-7(12)8(6)13)10-16-17-11(18-10)9(14)15/h2-4,9H,1H2. The van der Waals surface area contributed by atoms with Crippen molar-refractivity contribution in [1.29, 1.82) is 0 Å². The molecule has 0 aliphatic carbocycles. The molecule has 0 unspecified atom stereocenters. The van der Waals surface area contributed by atoms with Gasteiger partial charge in [-0.15, -0.1) is 10.2 Å². The molecule has 1 aromatic heterocycles. The van der Waals surface area contributed by atoms with E-state index in [-0.39, 0.29) is 16.1 Å². The lowest BCUT2D eigenvalue weighted by atomic mass is 10.1. The molecular formula is C11H6F4N2S. The second kappa shape index (κ2) is 4.85. The van der Waals surface area contributed by atoms with E-state index in [1.165, 1.54) is 12.1 Å². The van der Waals surface area contributed by atoms with Crippen molar-refractivity contribution in [3.63, 3.8) is 0 Å². The SMILES string of the molecule is C=C(c1nnc(C(F)F)s1)c1cccc(F)c1F. The Labute approximate surface area is 104 Å². The molecule has 7 heteroatoms. The Kier molecular flexibility index (Phi) is 3.42. The highest BCUT2D eigenvalue weighted by Crippen LogP contribution is 2.30. The number of alkyl halides is 2. The molecule has 1 heterocycles. The van der Waals surface area contributed by atoms with Gasteiger partial charge in [0.15, 0.2) is 16.6 Å². The zero-order valence-corrected chi connectivity index (χ0v) is 9.65. The van der Waals surface area contributed by atoms with Crippen LogP contribution in [0.1, 0.15) is 22.0 Å². The molecule has 0 amide bonds. The van der Waals surface area contributed by atoms with E-state index in [9.17, 15) is 17.6 Å². The summed E-state index contributed by atoms with van der Waals surface area (Å²) in [7, 11) is 0. The van der Waals surface area contributed by atoms with Crippen LogP contribution in [-0.4, -0.2) is 10.2 Å². The number of hydrogen-bond donors (Lipinski definition) is 0. The van der Waals surface area contributed by atoms with Crippen molar-refractivity contribution in [3.05, 3.63) is 52.0 Å². The Balaban J connectivity index is 2.38. The minimum absolute atomic E-state index is 0.0244. The van der Waals surface area contributed by atoms with Crippen molar-refractivity contribution in [1.82, 2.24) is 10.2 Å². The van der Waals surface area contributed by atoms with Gasteiger partial charge in [-0.2, -0.15) is 0 Å². The van der Waals surface area contributed by atoms with Crippen molar-refractivity contribution < 1.29 is 17.6 Å². The molecule has 0 saturated carbocycles. The van der Waals surface area contributed by atoms with E-state index >= 15 is 0 Å². The first kappa shape index (κ1) is 12.7. The van der Waals surface area contributed by atoms with Gasteiger partial charge in [-0.05, 0) is 6.07 Å². The average molecular weight is 274 g/mol. The van der Waals surface area contributed by atoms with Crippen molar-refractivity contribution in [2.45, 2.75) is 6.43 Å². The largest absolute Gasteiger partial charge is 0.291 e. The highest BCUT2D eigenvalue weighted by Gasteiger charge is 2.18. The van der Waals surface area contributed by atoms with Gasteiger partial charge in [0.1, 0.15) is 5.01 Å². The van der Waals surface area contributed by atoms with Crippen LogP contribution in [0.15, 0.2) is 24.8 Å². The molecule has 0 bridgehead atoms. The topological polar surface area (TPSA) is 25.8 Å². The predicted molar refractivity (Wildman–Crippen MR) is 59.4 cm³/mol. The number of rotatable bonds is 3. The number of benzene rings is 1. The van der Waals surface area contributed by atoms with Crippen LogP contribution in [0.2, 0.25) is 0 Å². The number of aromatic nitrogens is 2.